The summed E-state index contributed by atoms with van der Waals surface area (Å²) in [4.78, 5) is 20.5. The molecule has 0 atom stereocenters. The second-order valence-electron chi connectivity index (χ2n) is 9.93. The molecule has 0 saturated carbocycles. The van der Waals surface area contributed by atoms with E-state index in [0.29, 0.717) is 16.7 Å². The van der Waals surface area contributed by atoms with Gasteiger partial charge in [-0.25, -0.2) is 15.0 Å². The molecule has 0 aliphatic rings. The topological polar surface area (TPSA) is 109 Å². The Kier molecular flexibility index (Phi) is 9.72. The van der Waals surface area contributed by atoms with Gasteiger partial charge in [-0.05, 0) is 77.9 Å². The minimum atomic E-state index is 0.0321. The molecule has 0 saturated heterocycles. The highest BCUT2D eigenvalue weighted by Crippen LogP contribution is 2.38. The van der Waals surface area contributed by atoms with E-state index in [2.05, 4.69) is 56.2 Å². The smallest absolute Gasteiger partial charge is 0.167 e. The highest BCUT2D eigenvalue weighted by Gasteiger charge is 2.20. The number of phenols is 3. The highest BCUT2D eigenvalue weighted by atomic mass is 16.3. The third kappa shape index (κ3) is 6.20. The summed E-state index contributed by atoms with van der Waals surface area (Å²) in [6.45, 7) is 17.2. The van der Waals surface area contributed by atoms with Crippen molar-refractivity contribution >= 4 is 17.1 Å². The number of anilines is 3. The van der Waals surface area contributed by atoms with E-state index < -0.39 is 0 Å². The van der Waals surface area contributed by atoms with Crippen LogP contribution in [0.5, 0.6) is 17.2 Å². The van der Waals surface area contributed by atoms with Crippen molar-refractivity contribution in [3.8, 4) is 51.4 Å². The molecule has 3 N–H and O–H groups in total. The molecule has 9 heteroatoms. The molecule has 0 amide bonds. The summed E-state index contributed by atoms with van der Waals surface area (Å²) < 4.78 is 0. The second kappa shape index (κ2) is 13.4. The standard InChI is InChI=1S/C33H42N6O3/c1-7-37(8-2)22-13-16-25(28(40)19-22)31-34-32(26-17-14-23(20-29(26)41)38(9-3)10-4)36-33(35-31)27-18-15-24(21-30(27)42)39(11-5)12-6/h13-21,40-42H,7-12H2,1-6H3. The van der Waals surface area contributed by atoms with Crippen molar-refractivity contribution in [1.29, 1.82) is 0 Å². The number of phenolic OH excluding ortho intramolecular Hbond substituents is 3. The summed E-state index contributed by atoms with van der Waals surface area (Å²) >= 11 is 0. The average molecular weight is 571 g/mol. The lowest BCUT2D eigenvalue weighted by Crippen LogP contribution is -2.21. The van der Waals surface area contributed by atoms with Gasteiger partial charge in [-0.3, -0.25) is 0 Å². The van der Waals surface area contributed by atoms with Gasteiger partial charge in [0, 0.05) is 74.5 Å². The maximum atomic E-state index is 11.1. The fourth-order valence-corrected chi connectivity index (χ4v) is 5.22. The summed E-state index contributed by atoms with van der Waals surface area (Å²) in [7, 11) is 0. The number of hydrogen-bond donors (Lipinski definition) is 3. The van der Waals surface area contributed by atoms with Crippen LogP contribution in [0, 0.1) is 0 Å². The van der Waals surface area contributed by atoms with Gasteiger partial charge in [-0.2, -0.15) is 0 Å². The zero-order valence-corrected chi connectivity index (χ0v) is 25.5. The molecule has 222 valence electrons. The van der Waals surface area contributed by atoms with Gasteiger partial charge < -0.3 is 30.0 Å². The van der Waals surface area contributed by atoms with E-state index in [1.807, 2.05) is 18.2 Å². The van der Waals surface area contributed by atoms with E-state index in [-0.39, 0.29) is 34.7 Å². The van der Waals surface area contributed by atoms with Crippen LogP contribution in [0.4, 0.5) is 17.1 Å². The monoisotopic (exact) mass is 570 g/mol. The summed E-state index contributed by atoms with van der Waals surface area (Å²) in [6, 6.07) is 16.3. The van der Waals surface area contributed by atoms with Crippen molar-refractivity contribution in [1.82, 2.24) is 15.0 Å². The molecule has 42 heavy (non-hydrogen) atoms. The number of hydrogen-bond acceptors (Lipinski definition) is 9. The van der Waals surface area contributed by atoms with Crippen LogP contribution in [0.3, 0.4) is 0 Å². The van der Waals surface area contributed by atoms with Crippen LogP contribution >= 0.6 is 0 Å². The van der Waals surface area contributed by atoms with Crippen LogP contribution in [0.25, 0.3) is 34.2 Å². The molecule has 3 aromatic carbocycles. The summed E-state index contributed by atoms with van der Waals surface area (Å²) in [5.41, 5.74) is 3.96. The van der Waals surface area contributed by atoms with Crippen LogP contribution in [0.2, 0.25) is 0 Å². The Bertz CT molecular complexity index is 1320. The van der Waals surface area contributed by atoms with Crippen molar-refractivity contribution in [2.45, 2.75) is 41.5 Å². The molecule has 0 fully saturated rings. The Morgan fingerprint density at radius 2 is 0.667 bits per heavy atom. The van der Waals surface area contributed by atoms with Gasteiger partial charge in [0.15, 0.2) is 17.5 Å². The molecular weight excluding hydrogens is 528 g/mol. The number of benzene rings is 3. The molecule has 9 nitrogen and oxygen atoms in total. The Hall–Kier alpha value is -4.53. The predicted octanol–water partition coefficient (Wildman–Crippen LogP) is 6.53. The lowest BCUT2D eigenvalue weighted by atomic mass is 10.1. The van der Waals surface area contributed by atoms with E-state index in [4.69, 9.17) is 15.0 Å². The molecule has 0 aliphatic heterocycles. The van der Waals surface area contributed by atoms with Crippen LogP contribution < -0.4 is 14.7 Å². The van der Waals surface area contributed by atoms with Crippen molar-refractivity contribution in [2.75, 3.05) is 54.0 Å². The normalized spacial score (nSPS) is 11.0. The van der Waals surface area contributed by atoms with E-state index in [1.54, 1.807) is 36.4 Å². The van der Waals surface area contributed by atoms with Crippen molar-refractivity contribution in [3.63, 3.8) is 0 Å². The van der Waals surface area contributed by atoms with Crippen LogP contribution in [0.15, 0.2) is 54.6 Å². The molecule has 0 bridgehead atoms. The highest BCUT2D eigenvalue weighted by molar-refractivity contribution is 5.76. The van der Waals surface area contributed by atoms with E-state index >= 15 is 0 Å². The first-order valence-corrected chi connectivity index (χ1v) is 14.8. The van der Waals surface area contributed by atoms with Gasteiger partial charge in [0.1, 0.15) is 17.2 Å². The van der Waals surface area contributed by atoms with Gasteiger partial charge in [0.2, 0.25) is 0 Å². The molecular formula is C33H42N6O3. The number of aromatic hydroxyl groups is 3. The minimum Gasteiger partial charge on any atom is -0.507 e. The molecule has 0 unspecified atom stereocenters. The van der Waals surface area contributed by atoms with Crippen molar-refractivity contribution < 1.29 is 15.3 Å². The minimum absolute atomic E-state index is 0.0321. The maximum Gasteiger partial charge on any atom is 0.167 e. The fourth-order valence-electron chi connectivity index (χ4n) is 5.22. The first-order valence-electron chi connectivity index (χ1n) is 14.8. The first-order chi connectivity index (χ1) is 20.3. The maximum absolute atomic E-state index is 11.1. The third-order valence-corrected chi connectivity index (χ3v) is 7.69. The van der Waals surface area contributed by atoms with Crippen LogP contribution in [0.1, 0.15) is 41.5 Å². The van der Waals surface area contributed by atoms with Gasteiger partial charge in [-0.15, -0.1) is 0 Å². The Labute approximate surface area is 248 Å². The van der Waals surface area contributed by atoms with Crippen molar-refractivity contribution in [2.24, 2.45) is 0 Å². The third-order valence-electron chi connectivity index (χ3n) is 7.69. The molecule has 0 aliphatic carbocycles. The van der Waals surface area contributed by atoms with Gasteiger partial charge in [-0.1, -0.05) is 0 Å². The molecule has 0 spiro atoms. The Morgan fingerprint density at radius 3 is 0.857 bits per heavy atom. The fraction of sp³-hybridized carbons (Fsp3) is 0.364. The Balaban J connectivity index is 1.89. The summed E-state index contributed by atoms with van der Waals surface area (Å²) in [5.74, 6) is 0.799. The average Bonchev–Trinajstić information content (AvgIpc) is 2.99. The lowest BCUT2D eigenvalue weighted by Gasteiger charge is -2.22. The van der Waals surface area contributed by atoms with Crippen LogP contribution in [-0.2, 0) is 0 Å². The van der Waals surface area contributed by atoms with Gasteiger partial charge in [0.05, 0.1) is 16.7 Å². The van der Waals surface area contributed by atoms with E-state index in [0.717, 1.165) is 56.3 Å². The molecule has 0 radical (unpaired) electrons. The number of rotatable bonds is 12. The quantitative estimate of drug-likeness (QED) is 0.175. The largest absolute Gasteiger partial charge is 0.507 e. The van der Waals surface area contributed by atoms with E-state index in [1.165, 1.54) is 0 Å². The van der Waals surface area contributed by atoms with Crippen LogP contribution in [-0.4, -0.2) is 69.5 Å². The molecule has 1 aromatic heterocycles. The molecule has 4 aromatic rings. The van der Waals surface area contributed by atoms with Gasteiger partial charge in [0.25, 0.3) is 0 Å². The predicted molar refractivity (Wildman–Crippen MR) is 172 cm³/mol. The molecule has 1 heterocycles. The second-order valence-corrected chi connectivity index (χ2v) is 9.93. The van der Waals surface area contributed by atoms with Crippen molar-refractivity contribution in [3.05, 3.63) is 54.6 Å². The summed E-state index contributed by atoms with van der Waals surface area (Å²) in [5, 5.41) is 33.3. The Morgan fingerprint density at radius 1 is 0.429 bits per heavy atom. The summed E-state index contributed by atoms with van der Waals surface area (Å²) in [6.07, 6.45) is 0. The first kappa shape index (κ1) is 30.4. The van der Waals surface area contributed by atoms with Gasteiger partial charge >= 0.3 is 0 Å². The zero-order chi connectivity index (χ0) is 30.4. The SMILES string of the molecule is CCN(CC)c1ccc(-c2nc(-c3ccc(N(CC)CC)cc3O)nc(-c3ccc(N(CC)CC)cc3O)n2)c(O)c1. The molecule has 4 rings (SSSR count). The number of nitrogens with zero attached hydrogens (tertiary/aromatic N) is 6. The lowest BCUT2D eigenvalue weighted by molar-refractivity contribution is 0.476. The zero-order valence-electron chi connectivity index (χ0n) is 25.5. The van der Waals surface area contributed by atoms with E-state index in [9.17, 15) is 15.3 Å². The number of aromatic nitrogens is 3.